The molecule has 4 aromatic heterocycles. The van der Waals surface area contributed by atoms with Gasteiger partial charge >= 0.3 is 13.5 Å². The number of thiol groups is 1. The average Bonchev–Trinajstić information content (AvgIpc) is 3.77. The van der Waals surface area contributed by atoms with Crippen molar-refractivity contribution in [3.8, 4) is 0 Å². The molecule has 0 bridgehead atoms. The summed E-state index contributed by atoms with van der Waals surface area (Å²) in [4.78, 5) is 34.4. The number of alkyl halides is 1. The Bertz CT molecular complexity index is 1800. The summed E-state index contributed by atoms with van der Waals surface area (Å²) in [6.45, 7) is -8.87. The second-order valence-electron chi connectivity index (χ2n) is 9.91. The number of ether oxygens (including phenoxy) is 2. The molecule has 244 valence electrons. The van der Waals surface area contributed by atoms with E-state index in [4.69, 9.17) is 50.8 Å². The van der Waals surface area contributed by atoms with Gasteiger partial charge in [0.25, 0.3) is 0 Å². The van der Waals surface area contributed by atoms with Crippen molar-refractivity contribution in [2.75, 3.05) is 31.8 Å². The van der Waals surface area contributed by atoms with Crippen LogP contribution in [-0.2, 0) is 43.9 Å². The number of aromatic nitrogens is 8. The van der Waals surface area contributed by atoms with Gasteiger partial charge in [-0.05, 0) is 11.8 Å². The highest BCUT2D eigenvalue weighted by molar-refractivity contribution is 8.44. The van der Waals surface area contributed by atoms with E-state index in [1.165, 1.54) is 34.4 Å². The predicted molar refractivity (Wildman–Crippen MR) is 160 cm³/mol. The molecule has 0 aliphatic carbocycles. The van der Waals surface area contributed by atoms with Crippen molar-refractivity contribution in [1.82, 2.24) is 39.0 Å². The summed E-state index contributed by atoms with van der Waals surface area (Å²) in [5.74, 6) is 0.224. The van der Waals surface area contributed by atoms with Gasteiger partial charge in [0.15, 0.2) is 41.6 Å². The molecule has 2 unspecified atom stereocenters. The third kappa shape index (κ3) is 6.55. The summed E-state index contributed by atoms with van der Waals surface area (Å²) in [5, 5.41) is 10.7. The molecule has 19 nitrogen and oxygen atoms in total. The number of anilines is 2. The minimum Gasteiger partial charge on any atom is -0.388 e. The van der Waals surface area contributed by atoms with Crippen molar-refractivity contribution in [1.29, 1.82) is 0 Å². The van der Waals surface area contributed by atoms with Crippen molar-refractivity contribution in [2.24, 2.45) is 0 Å². The summed E-state index contributed by atoms with van der Waals surface area (Å²) in [5.41, 5.74) is 12.7. The zero-order valence-electron chi connectivity index (χ0n) is 23.1. The normalized spacial score (nSPS) is 29.8. The Morgan fingerprint density at radius 3 is 2.22 bits per heavy atom. The van der Waals surface area contributed by atoms with Crippen LogP contribution in [0.4, 0.5) is 16.0 Å². The van der Waals surface area contributed by atoms with Crippen LogP contribution in [0.3, 0.4) is 0 Å². The zero-order chi connectivity index (χ0) is 32.1. The topological polar surface area (TPSA) is 252 Å². The zero-order valence-corrected chi connectivity index (χ0v) is 26.6. The first-order valence-corrected chi connectivity index (χ1v) is 18.3. The van der Waals surface area contributed by atoms with Gasteiger partial charge in [0, 0.05) is 13.5 Å². The second kappa shape index (κ2) is 12.6. The van der Waals surface area contributed by atoms with Crippen LogP contribution in [0, 0.1) is 0 Å². The number of fused-ring (bicyclic) bond motifs is 2. The van der Waals surface area contributed by atoms with Gasteiger partial charge < -0.3 is 40.0 Å². The van der Waals surface area contributed by atoms with E-state index in [-0.39, 0.29) is 35.8 Å². The molecule has 6 heterocycles. The second-order valence-corrected chi connectivity index (χ2v) is 15.7. The van der Waals surface area contributed by atoms with Crippen LogP contribution in [-0.4, -0.2) is 99.9 Å². The molecule has 0 amide bonds. The van der Waals surface area contributed by atoms with E-state index >= 15 is 4.39 Å². The predicted octanol–water partition coefficient (Wildman–Crippen LogP) is 1.03. The van der Waals surface area contributed by atoms with Gasteiger partial charge in [-0.15, -0.1) is 0 Å². The highest BCUT2D eigenvalue weighted by Crippen LogP contribution is 2.57. The largest absolute Gasteiger partial charge is 0.388 e. The maximum Gasteiger partial charge on any atom is 0.386 e. The Hall–Kier alpha value is -2.46. The number of halogens is 1. The number of nitrogen functional groups attached to an aromatic ring is 2. The lowest BCUT2D eigenvalue weighted by Gasteiger charge is -2.24. The molecule has 9 atom stereocenters. The van der Waals surface area contributed by atoms with Crippen molar-refractivity contribution >= 4 is 71.5 Å². The van der Waals surface area contributed by atoms with Crippen molar-refractivity contribution in [2.45, 2.75) is 49.5 Å². The number of hydrogen-bond donors (Lipinski definition) is 5. The Kier molecular flexibility index (Phi) is 9.11. The first kappa shape index (κ1) is 32.5. The lowest BCUT2D eigenvalue weighted by Crippen LogP contribution is -2.33. The van der Waals surface area contributed by atoms with E-state index in [0.717, 1.165) is 7.11 Å². The maximum atomic E-state index is 16.0. The summed E-state index contributed by atoms with van der Waals surface area (Å²) >= 11 is 8.91. The summed E-state index contributed by atoms with van der Waals surface area (Å²) < 4.78 is 65.0. The Morgan fingerprint density at radius 1 is 1.02 bits per heavy atom. The third-order valence-corrected chi connectivity index (χ3v) is 10.4. The molecule has 2 aliphatic rings. The molecule has 0 aromatic carbocycles. The van der Waals surface area contributed by atoms with Gasteiger partial charge in [-0.25, -0.2) is 38.9 Å². The van der Waals surface area contributed by atoms with E-state index in [1.54, 1.807) is 0 Å². The third-order valence-electron chi connectivity index (χ3n) is 7.07. The molecule has 2 saturated heterocycles. The van der Waals surface area contributed by atoms with E-state index in [1.807, 2.05) is 0 Å². The van der Waals surface area contributed by atoms with Crippen molar-refractivity contribution < 1.29 is 46.5 Å². The summed E-state index contributed by atoms with van der Waals surface area (Å²) in [6.07, 6.45) is -3.85. The standard InChI is InChI=1S/C21H27FN10O9P2S2/c1-36-42(34,44)38-4-11-15(12(22)21(40-11)32-8-30-14-17(24)26-6-28-19(14)32)41-43(35,45)37-3-9-2-10(33)20(39-9)31-7-29-13-16(23)25-5-27-18(13)31/h5-12,15,20-21,33H,2-4H2,1H3,(H,34,44)(H,35,45)(H2,23,25,27)(H2,24,26,28)/t9-,10+,11+,12+,15+,20+,21+,42?,43?/m0/s1. The van der Waals surface area contributed by atoms with E-state index in [2.05, 4.69) is 42.2 Å². The monoisotopic (exact) mass is 708 g/mol. The smallest absolute Gasteiger partial charge is 0.386 e. The Balaban J connectivity index is 1.16. The van der Waals surface area contributed by atoms with E-state index in [0.29, 0.717) is 11.2 Å². The lowest BCUT2D eigenvalue weighted by molar-refractivity contribution is -0.0501. The number of aliphatic hydroxyl groups is 1. The van der Waals surface area contributed by atoms with Gasteiger partial charge in [0.1, 0.15) is 42.0 Å². The van der Waals surface area contributed by atoms with E-state index < -0.39 is 63.2 Å². The van der Waals surface area contributed by atoms with E-state index in [9.17, 15) is 14.6 Å². The first-order valence-electron chi connectivity index (χ1n) is 13.1. The Morgan fingerprint density at radius 2 is 1.62 bits per heavy atom. The van der Waals surface area contributed by atoms with Crippen LogP contribution in [0.25, 0.3) is 22.3 Å². The van der Waals surface area contributed by atoms with Crippen molar-refractivity contribution in [3.63, 3.8) is 0 Å². The van der Waals surface area contributed by atoms with Crippen LogP contribution in [0.15, 0.2) is 25.3 Å². The molecule has 4 aromatic rings. The fraction of sp³-hybridized carbons (Fsp3) is 0.524. The number of aliphatic hydroxyl groups excluding tert-OH is 1. The molecule has 0 radical (unpaired) electrons. The number of hydrogen-bond acceptors (Lipinski definition) is 17. The van der Waals surface area contributed by atoms with Gasteiger partial charge in [0.05, 0.1) is 32.0 Å². The molecular formula is C21H27FN10O9P2S2. The summed E-state index contributed by atoms with van der Waals surface area (Å²) in [7, 11) is 1.15. The minimum atomic E-state index is -4.32. The minimum absolute atomic E-state index is 0.0641. The molecule has 2 fully saturated rings. The SMILES string of the molecule is COP(O)(=S)OC[C@H]1O[C@@H](n2cnc3c(N)ncnc32)[C@H](F)[C@@H]1OP(=O)(S)OC[C@@H]1C[C@@H](O)[C@H](n2cnc3c(N)ncnc32)O1. The van der Waals surface area contributed by atoms with Crippen LogP contribution in [0.5, 0.6) is 0 Å². The number of nitrogens with zero attached hydrogens (tertiary/aromatic N) is 8. The number of nitrogens with two attached hydrogens (primary N) is 2. The quantitative estimate of drug-likeness (QED) is 0.108. The first-order chi connectivity index (χ1) is 21.4. The van der Waals surface area contributed by atoms with Gasteiger partial charge in [-0.1, -0.05) is 12.2 Å². The Labute approximate surface area is 263 Å². The van der Waals surface area contributed by atoms with Crippen LogP contribution >= 0.6 is 25.8 Å². The summed E-state index contributed by atoms with van der Waals surface area (Å²) in [6, 6.07) is 0. The molecule has 0 spiro atoms. The molecule has 45 heavy (non-hydrogen) atoms. The molecule has 0 saturated carbocycles. The fourth-order valence-corrected chi connectivity index (χ4v) is 7.09. The lowest BCUT2D eigenvalue weighted by atomic mass is 10.1. The maximum absolute atomic E-state index is 16.0. The number of imidazole rings is 2. The van der Waals surface area contributed by atoms with Crippen LogP contribution in [0.2, 0.25) is 0 Å². The van der Waals surface area contributed by atoms with Gasteiger partial charge in [0.2, 0.25) is 0 Å². The molecule has 2 aliphatic heterocycles. The molecular weight excluding hydrogens is 681 g/mol. The van der Waals surface area contributed by atoms with Crippen LogP contribution < -0.4 is 11.5 Å². The fourth-order valence-electron chi connectivity index (χ4n) is 4.96. The van der Waals surface area contributed by atoms with Gasteiger partial charge in [-0.3, -0.25) is 18.2 Å². The molecule has 6 N–H and O–H groups in total. The highest BCUT2D eigenvalue weighted by Gasteiger charge is 2.51. The molecule has 6 rings (SSSR count). The molecule has 24 heteroatoms. The highest BCUT2D eigenvalue weighted by atomic mass is 32.7. The van der Waals surface area contributed by atoms with Gasteiger partial charge in [-0.2, -0.15) is 0 Å². The van der Waals surface area contributed by atoms with Crippen molar-refractivity contribution in [3.05, 3.63) is 25.3 Å². The van der Waals surface area contributed by atoms with Crippen LogP contribution in [0.1, 0.15) is 18.9 Å². The number of rotatable bonds is 11. The average molecular weight is 709 g/mol.